The van der Waals surface area contributed by atoms with Gasteiger partial charge in [-0.15, -0.1) is 0 Å². The molecule has 1 aliphatic rings. The molecule has 0 fully saturated rings. The normalized spacial score (nSPS) is 15.4. The summed E-state index contributed by atoms with van der Waals surface area (Å²) in [5.41, 5.74) is 2.50. The minimum Gasteiger partial charge on any atom is -0.366 e. The zero-order valence-corrected chi connectivity index (χ0v) is 16.7. The molecule has 1 aromatic rings. The average Bonchev–Trinajstić information content (AvgIpc) is 2.99. The van der Waals surface area contributed by atoms with Crippen LogP contribution in [0.2, 0.25) is 0 Å². The molecule has 6 heteroatoms. The SMILES string of the molecule is CCNC(=NCC(=O)NC(C)(C)C)NCC(C)N1CCc2ccccc21. The van der Waals surface area contributed by atoms with E-state index in [-0.39, 0.29) is 18.0 Å². The maximum Gasteiger partial charge on any atom is 0.242 e. The van der Waals surface area contributed by atoms with Gasteiger partial charge in [0.25, 0.3) is 0 Å². The van der Waals surface area contributed by atoms with Crippen molar-refractivity contribution in [3.63, 3.8) is 0 Å². The van der Waals surface area contributed by atoms with Crippen molar-refractivity contribution >= 4 is 17.6 Å². The van der Waals surface area contributed by atoms with Crippen LogP contribution in [0.25, 0.3) is 0 Å². The van der Waals surface area contributed by atoms with Crippen LogP contribution >= 0.6 is 0 Å². The van der Waals surface area contributed by atoms with Gasteiger partial charge in [0.05, 0.1) is 0 Å². The molecule has 1 atom stereocenters. The number of rotatable bonds is 6. The summed E-state index contributed by atoms with van der Waals surface area (Å²) in [5, 5.41) is 9.50. The average molecular weight is 360 g/mol. The summed E-state index contributed by atoms with van der Waals surface area (Å²) in [4.78, 5) is 18.8. The van der Waals surface area contributed by atoms with Crippen molar-refractivity contribution in [1.82, 2.24) is 16.0 Å². The first kappa shape index (κ1) is 20.1. The maximum absolute atomic E-state index is 12.0. The van der Waals surface area contributed by atoms with E-state index < -0.39 is 0 Å². The number of carbonyl (C=O) groups is 1. The van der Waals surface area contributed by atoms with Gasteiger partial charge in [0.15, 0.2) is 5.96 Å². The number of guanidine groups is 1. The summed E-state index contributed by atoms with van der Waals surface area (Å²) >= 11 is 0. The highest BCUT2D eigenvalue weighted by Gasteiger charge is 2.22. The van der Waals surface area contributed by atoms with E-state index in [2.05, 4.69) is 57.0 Å². The van der Waals surface area contributed by atoms with Crippen molar-refractivity contribution in [3.05, 3.63) is 29.8 Å². The summed E-state index contributed by atoms with van der Waals surface area (Å²) in [5.74, 6) is 0.604. The van der Waals surface area contributed by atoms with E-state index >= 15 is 0 Å². The minimum absolute atomic E-state index is 0.0729. The molecule has 0 saturated carbocycles. The molecule has 1 aliphatic heterocycles. The van der Waals surface area contributed by atoms with E-state index in [1.165, 1.54) is 11.3 Å². The Morgan fingerprint density at radius 2 is 2.00 bits per heavy atom. The first-order valence-corrected chi connectivity index (χ1v) is 9.48. The van der Waals surface area contributed by atoms with Gasteiger partial charge >= 0.3 is 0 Å². The Balaban J connectivity index is 1.90. The summed E-state index contributed by atoms with van der Waals surface area (Å²) < 4.78 is 0. The van der Waals surface area contributed by atoms with Crippen molar-refractivity contribution in [3.8, 4) is 0 Å². The third-order valence-corrected chi connectivity index (χ3v) is 4.26. The number of para-hydroxylation sites is 1. The lowest BCUT2D eigenvalue weighted by molar-refractivity contribution is -0.121. The molecule has 0 saturated heterocycles. The number of fused-ring (bicyclic) bond motifs is 1. The van der Waals surface area contributed by atoms with Gasteiger partial charge in [-0.25, -0.2) is 4.99 Å². The summed E-state index contributed by atoms with van der Waals surface area (Å²) in [6.45, 7) is 12.8. The summed E-state index contributed by atoms with van der Waals surface area (Å²) in [6, 6.07) is 8.93. The van der Waals surface area contributed by atoms with Gasteiger partial charge in [-0.1, -0.05) is 18.2 Å². The number of nitrogens with one attached hydrogen (secondary N) is 3. The molecule has 0 aromatic heterocycles. The Morgan fingerprint density at radius 1 is 1.27 bits per heavy atom. The standard InChI is InChI=1S/C20H33N5O/c1-6-21-19(23-14-18(26)24-20(3,4)5)22-13-15(2)25-12-11-16-9-7-8-10-17(16)25/h7-10,15H,6,11-14H2,1-5H3,(H,24,26)(H2,21,22,23). The second-order valence-corrected chi connectivity index (χ2v) is 7.80. The molecule has 144 valence electrons. The van der Waals surface area contributed by atoms with Crippen LogP contribution in [0.15, 0.2) is 29.3 Å². The van der Waals surface area contributed by atoms with Gasteiger partial charge in [-0.2, -0.15) is 0 Å². The quantitative estimate of drug-likeness (QED) is 0.536. The zero-order chi connectivity index (χ0) is 19.2. The van der Waals surface area contributed by atoms with E-state index in [1.54, 1.807) is 0 Å². The Hall–Kier alpha value is -2.24. The van der Waals surface area contributed by atoms with Crippen molar-refractivity contribution < 1.29 is 4.79 Å². The summed E-state index contributed by atoms with van der Waals surface area (Å²) in [6.07, 6.45) is 1.10. The lowest BCUT2D eigenvalue weighted by Crippen LogP contribution is -2.46. The maximum atomic E-state index is 12.0. The Kier molecular flexibility index (Phi) is 6.89. The Labute approximate surface area is 157 Å². The molecular formula is C20H33N5O. The molecule has 0 radical (unpaired) electrons. The highest BCUT2D eigenvalue weighted by molar-refractivity contribution is 5.85. The second-order valence-electron chi connectivity index (χ2n) is 7.80. The van der Waals surface area contributed by atoms with Gasteiger partial charge in [-0.3, -0.25) is 4.79 Å². The molecule has 2 rings (SSSR count). The molecule has 26 heavy (non-hydrogen) atoms. The fourth-order valence-electron chi connectivity index (χ4n) is 3.13. The fourth-order valence-corrected chi connectivity index (χ4v) is 3.13. The van der Waals surface area contributed by atoms with Gasteiger partial charge in [-0.05, 0) is 52.7 Å². The predicted octanol–water partition coefficient (Wildman–Crippen LogP) is 1.91. The zero-order valence-electron chi connectivity index (χ0n) is 16.7. The number of anilines is 1. The Morgan fingerprint density at radius 3 is 2.69 bits per heavy atom. The van der Waals surface area contributed by atoms with Crippen LogP contribution in [0.3, 0.4) is 0 Å². The van der Waals surface area contributed by atoms with E-state index in [4.69, 9.17) is 0 Å². The topological polar surface area (TPSA) is 68.8 Å². The molecule has 1 aromatic carbocycles. The number of hydrogen-bond donors (Lipinski definition) is 3. The lowest BCUT2D eigenvalue weighted by atomic mass is 10.1. The van der Waals surface area contributed by atoms with Gasteiger partial charge in [0.2, 0.25) is 5.91 Å². The van der Waals surface area contributed by atoms with E-state index in [0.717, 1.165) is 26.1 Å². The highest BCUT2D eigenvalue weighted by Crippen LogP contribution is 2.28. The minimum atomic E-state index is -0.240. The van der Waals surface area contributed by atoms with Gasteiger partial charge < -0.3 is 20.9 Å². The van der Waals surface area contributed by atoms with Crippen molar-refractivity contribution in [2.45, 2.75) is 52.6 Å². The third kappa shape index (κ3) is 5.93. The summed E-state index contributed by atoms with van der Waals surface area (Å²) in [7, 11) is 0. The predicted molar refractivity (Wildman–Crippen MR) is 109 cm³/mol. The number of aliphatic imine (C=N–C) groups is 1. The molecule has 1 unspecified atom stereocenters. The van der Waals surface area contributed by atoms with Crippen LogP contribution in [-0.4, -0.2) is 49.6 Å². The number of hydrogen-bond acceptors (Lipinski definition) is 3. The van der Waals surface area contributed by atoms with E-state index in [9.17, 15) is 4.79 Å². The van der Waals surface area contributed by atoms with Crippen LogP contribution in [0.4, 0.5) is 5.69 Å². The monoisotopic (exact) mass is 359 g/mol. The second kappa shape index (κ2) is 8.92. The van der Waals surface area contributed by atoms with Crippen molar-refractivity contribution in [1.29, 1.82) is 0 Å². The molecular weight excluding hydrogens is 326 g/mol. The van der Waals surface area contributed by atoms with Crippen molar-refractivity contribution in [2.75, 3.05) is 31.1 Å². The van der Waals surface area contributed by atoms with Crippen molar-refractivity contribution in [2.24, 2.45) is 4.99 Å². The van der Waals surface area contributed by atoms with E-state index in [1.807, 2.05) is 27.7 Å². The smallest absolute Gasteiger partial charge is 0.242 e. The van der Waals surface area contributed by atoms with Gasteiger partial charge in [0, 0.05) is 36.9 Å². The lowest BCUT2D eigenvalue weighted by Gasteiger charge is -2.28. The van der Waals surface area contributed by atoms with Crippen LogP contribution < -0.4 is 20.9 Å². The number of amides is 1. The van der Waals surface area contributed by atoms with Crippen LogP contribution in [0.1, 0.15) is 40.2 Å². The molecule has 6 nitrogen and oxygen atoms in total. The first-order chi connectivity index (χ1) is 12.3. The third-order valence-electron chi connectivity index (χ3n) is 4.26. The highest BCUT2D eigenvalue weighted by atomic mass is 16.2. The molecule has 0 bridgehead atoms. The largest absolute Gasteiger partial charge is 0.366 e. The molecule has 3 N–H and O–H groups in total. The molecule has 1 heterocycles. The molecule has 0 spiro atoms. The van der Waals surface area contributed by atoms with Crippen LogP contribution in [0.5, 0.6) is 0 Å². The molecule has 1 amide bonds. The number of carbonyl (C=O) groups excluding carboxylic acids is 1. The first-order valence-electron chi connectivity index (χ1n) is 9.48. The molecule has 0 aliphatic carbocycles. The number of nitrogens with zero attached hydrogens (tertiary/aromatic N) is 2. The van der Waals surface area contributed by atoms with E-state index in [0.29, 0.717) is 12.0 Å². The van der Waals surface area contributed by atoms with Crippen LogP contribution in [-0.2, 0) is 11.2 Å². The van der Waals surface area contributed by atoms with Crippen LogP contribution in [0, 0.1) is 0 Å². The van der Waals surface area contributed by atoms with Gasteiger partial charge in [0.1, 0.15) is 6.54 Å². The number of benzene rings is 1. The fraction of sp³-hybridized carbons (Fsp3) is 0.600. The Bertz CT molecular complexity index is 635.